The second-order valence-electron chi connectivity index (χ2n) is 7.67. The van der Waals surface area contributed by atoms with Gasteiger partial charge in [-0.15, -0.1) is 0 Å². The number of likely N-dealkylation sites (N-methyl/N-ethyl adjacent to an activating group) is 2. The van der Waals surface area contributed by atoms with Crippen molar-refractivity contribution < 1.29 is 9.53 Å². The van der Waals surface area contributed by atoms with Gasteiger partial charge in [0.25, 0.3) is 0 Å². The number of nitrogens with zero attached hydrogens (tertiary/aromatic N) is 2. The number of hydrogen-bond donors (Lipinski definition) is 0. The minimum Gasteiger partial charge on any atom is -0.448 e. The molecule has 0 aliphatic carbocycles. The van der Waals surface area contributed by atoms with Crippen LogP contribution in [0.4, 0.5) is 4.79 Å². The van der Waals surface area contributed by atoms with Gasteiger partial charge in [0.2, 0.25) is 0 Å². The number of carbonyl (C=O) groups excluding carboxylic acids is 1. The van der Waals surface area contributed by atoms with E-state index in [1.807, 2.05) is 19.0 Å². The van der Waals surface area contributed by atoms with Crippen molar-refractivity contribution in [2.75, 3.05) is 40.8 Å². The standard InChI is InChI=1S/C26H31N2O2S/c1-27(2)20-21-30-26(29)28(3)19-18-22-14-16-25(17-15-22)31(23-10-6-4-7-11-23)24-12-8-5-9-13-24/h4-17H,18-21H2,1-3H3/q+1. The van der Waals surface area contributed by atoms with Crippen molar-refractivity contribution in [2.45, 2.75) is 21.1 Å². The Kier molecular flexibility index (Phi) is 8.56. The van der Waals surface area contributed by atoms with Gasteiger partial charge in [0.15, 0.2) is 14.7 Å². The lowest BCUT2D eigenvalue weighted by atomic mass is 10.1. The summed E-state index contributed by atoms with van der Waals surface area (Å²) in [4.78, 5) is 19.6. The first kappa shape index (κ1) is 22.9. The van der Waals surface area contributed by atoms with Gasteiger partial charge >= 0.3 is 6.09 Å². The van der Waals surface area contributed by atoms with Gasteiger partial charge in [-0.3, -0.25) is 0 Å². The quantitative estimate of drug-likeness (QED) is 0.446. The number of carbonyl (C=O) groups is 1. The van der Waals surface area contributed by atoms with Crippen LogP contribution in [0.3, 0.4) is 0 Å². The Labute approximate surface area is 188 Å². The molecule has 0 unspecified atom stereocenters. The summed E-state index contributed by atoms with van der Waals surface area (Å²) >= 11 is 0. The maximum Gasteiger partial charge on any atom is 0.409 e. The Morgan fingerprint density at radius 1 is 0.742 bits per heavy atom. The Morgan fingerprint density at radius 3 is 1.77 bits per heavy atom. The van der Waals surface area contributed by atoms with Crippen LogP contribution in [0.5, 0.6) is 0 Å². The first-order chi connectivity index (χ1) is 15.0. The van der Waals surface area contributed by atoms with E-state index < -0.39 is 0 Å². The van der Waals surface area contributed by atoms with Gasteiger partial charge in [-0.2, -0.15) is 0 Å². The minimum atomic E-state index is -0.270. The summed E-state index contributed by atoms with van der Waals surface area (Å²) in [5.74, 6) is 0. The molecule has 4 nitrogen and oxygen atoms in total. The first-order valence-corrected chi connectivity index (χ1v) is 11.7. The Hall–Kier alpha value is -2.76. The van der Waals surface area contributed by atoms with Gasteiger partial charge in [-0.25, -0.2) is 4.79 Å². The topological polar surface area (TPSA) is 32.8 Å². The molecule has 0 heterocycles. The molecule has 0 fully saturated rings. The normalized spacial score (nSPS) is 11.0. The highest BCUT2D eigenvalue weighted by atomic mass is 32.2. The van der Waals surface area contributed by atoms with Crippen molar-refractivity contribution in [3.63, 3.8) is 0 Å². The SMILES string of the molecule is CN(C)CCOC(=O)N(C)CCc1ccc([S+](c2ccccc2)c2ccccc2)cc1. The molecule has 162 valence electrons. The fourth-order valence-electron chi connectivity index (χ4n) is 3.13. The van der Waals surface area contributed by atoms with Crippen LogP contribution in [0.1, 0.15) is 5.56 Å². The van der Waals surface area contributed by atoms with Gasteiger partial charge in [0, 0.05) is 20.1 Å². The zero-order valence-electron chi connectivity index (χ0n) is 18.5. The van der Waals surface area contributed by atoms with Crippen LogP contribution in [-0.4, -0.2) is 56.7 Å². The van der Waals surface area contributed by atoms with Crippen molar-refractivity contribution in [2.24, 2.45) is 0 Å². The number of rotatable bonds is 9. The molecule has 0 aliphatic rings. The third-order valence-corrected chi connectivity index (χ3v) is 7.16. The molecule has 5 heteroatoms. The van der Waals surface area contributed by atoms with Crippen molar-refractivity contribution in [1.29, 1.82) is 0 Å². The molecule has 0 atom stereocenters. The fraction of sp³-hybridized carbons (Fsp3) is 0.269. The zero-order valence-corrected chi connectivity index (χ0v) is 19.3. The van der Waals surface area contributed by atoms with Crippen LogP contribution in [-0.2, 0) is 22.1 Å². The minimum absolute atomic E-state index is 0.139. The highest BCUT2D eigenvalue weighted by Gasteiger charge is 2.28. The summed E-state index contributed by atoms with van der Waals surface area (Å²) in [7, 11) is 5.57. The van der Waals surface area contributed by atoms with E-state index in [9.17, 15) is 4.79 Å². The summed E-state index contributed by atoms with van der Waals surface area (Å²) in [6.07, 6.45) is 0.525. The predicted molar refractivity (Wildman–Crippen MR) is 128 cm³/mol. The average molecular weight is 436 g/mol. The van der Waals surface area contributed by atoms with Crippen LogP contribution in [0, 0.1) is 0 Å². The summed E-state index contributed by atoms with van der Waals surface area (Å²) in [6.45, 7) is 1.77. The number of hydrogen-bond acceptors (Lipinski definition) is 3. The highest BCUT2D eigenvalue weighted by Crippen LogP contribution is 2.31. The van der Waals surface area contributed by atoms with E-state index in [4.69, 9.17) is 4.74 Å². The lowest BCUT2D eigenvalue weighted by molar-refractivity contribution is 0.104. The molecule has 0 saturated carbocycles. The smallest absolute Gasteiger partial charge is 0.409 e. The molecule has 0 N–H and O–H groups in total. The maximum atomic E-state index is 12.1. The fourth-order valence-corrected chi connectivity index (χ4v) is 5.21. The average Bonchev–Trinajstić information content (AvgIpc) is 2.79. The van der Waals surface area contributed by atoms with Gasteiger partial charge < -0.3 is 14.5 Å². The molecule has 0 spiro atoms. The van der Waals surface area contributed by atoms with Crippen molar-refractivity contribution in [3.05, 3.63) is 90.5 Å². The van der Waals surface area contributed by atoms with Crippen LogP contribution in [0.15, 0.2) is 99.6 Å². The van der Waals surface area contributed by atoms with Crippen LogP contribution < -0.4 is 0 Å². The lowest BCUT2D eigenvalue weighted by Crippen LogP contribution is -2.31. The second-order valence-corrected chi connectivity index (χ2v) is 9.69. The third-order valence-electron chi connectivity index (χ3n) is 4.93. The molecular weight excluding hydrogens is 404 g/mol. The number of amides is 1. The number of benzene rings is 3. The van der Waals surface area contributed by atoms with E-state index >= 15 is 0 Å². The van der Waals surface area contributed by atoms with E-state index in [0.29, 0.717) is 13.2 Å². The molecular formula is C26H31N2O2S+. The maximum absolute atomic E-state index is 12.1. The predicted octanol–water partition coefficient (Wildman–Crippen LogP) is 4.95. The highest BCUT2D eigenvalue weighted by molar-refractivity contribution is 7.97. The summed E-state index contributed by atoms with van der Waals surface area (Å²) in [6, 6.07) is 30.1. The largest absolute Gasteiger partial charge is 0.448 e. The molecule has 0 aromatic heterocycles. The van der Waals surface area contributed by atoms with Crippen LogP contribution in [0.25, 0.3) is 0 Å². The first-order valence-electron chi connectivity index (χ1n) is 10.5. The van der Waals surface area contributed by atoms with E-state index in [0.717, 1.165) is 13.0 Å². The van der Waals surface area contributed by atoms with E-state index in [2.05, 4.69) is 84.9 Å². The van der Waals surface area contributed by atoms with Crippen molar-refractivity contribution in [3.8, 4) is 0 Å². The number of ether oxygens (including phenoxy) is 1. The van der Waals surface area contributed by atoms with Crippen molar-refractivity contribution in [1.82, 2.24) is 9.80 Å². The molecule has 3 aromatic rings. The molecule has 0 bridgehead atoms. The third kappa shape index (κ3) is 6.88. The second kappa shape index (κ2) is 11.6. The molecule has 0 saturated heterocycles. The molecule has 3 rings (SSSR count). The summed E-state index contributed by atoms with van der Waals surface area (Å²) in [5, 5.41) is 0. The summed E-state index contributed by atoms with van der Waals surface area (Å²) in [5.41, 5.74) is 1.21. The van der Waals surface area contributed by atoms with Gasteiger partial charge in [0.1, 0.15) is 6.61 Å². The van der Waals surface area contributed by atoms with Crippen molar-refractivity contribution >= 4 is 17.0 Å². The van der Waals surface area contributed by atoms with Gasteiger partial charge in [-0.05, 0) is 62.5 Å². The molecule has 0 radical (unpaired) electrons. The lowest BCUT2D eigenvalue weighted by Gasteiger charge is -2.18. The van der Waals surface area contributed by atoms with E-state index in [1.54, 1.807) is 11.9 Å². The Balaban J connectivity index is 1.65. The van der Waals surface area contributed by atoms with Crippen LogP contribution >= 0.6 is 0 Å². The summed E-state index contributed by atoms with van der Waals surface area (Å²) < 4.78 is 5.30. The monoisotopic (exact) mass is 435 g/mol. The molecule has 3 aromatic carbocycles. The van der Waals surface area contributed by atoms with E-state index in [1.165, 1.54) is 20.2 Å². The van der Waals surface area contributed by atoms with E-state index in [-0.39, 0.29) is 17.0 Å². The Morgan fingerprint density at radius 2 is 1.26 bits per heavy atom. The molecule has 0 aliphatic heterocycles. The van der Waals surface area contributed by atoms with Gasteiger partial charge in [0.05, 0.1) is 10.9 Å². The van der Waals surface area contributed by atoms with Crippen LogP contribution in [0.2, 0.25) is 0 Å². The Bertz CT molecular complexity index is 891. The zero-order chi connectivity index (χ0) is 22.1. The molecule has 1 amide bonds. The molecule has 31 heavy (non-hydrogen) atoms. The van der Waals surface area contributed by atoms with Gasteiger partial charge in [-0.1, -0.05) is 48.5 Å².